The summed E-state index contributed by atoms with van der Waals surface area (Å²) < 4.78 is 15.9. The number of fused-ring (bicyclic) bond motifs is 3. The number of benzene rings is 2. The quantitative estimate of drug-likeness (QED) is 0.344. The minimum Gasteiger partial charge on any atom is -0.331 e. The molecule has 3 aromatic rings. The molecule has 0 saturated heterocycles. The van der Waals surface area contributed by atoms with Crippen LogP contribution in [0.1, 0.15) is 70.7 Å². The van der Waals surface area contributed by atoms with Crippen molar-refractivity contribution in [2.75, 3.05) is 11.4 Å². The van der Waals surface area contributed by atoms with Crippen molar-refractivity contribution in [1.29, 1.82) is 0 Å². The Kier molecular flexibility index (Phi) is 7.92. The molecule has 1 aromatic heterocycles. The average molecular weight is 490 g/mol. The van der Waals surface area contributed by atoms with Crippen LogP contribution in [0.25, 0.3) is 5.69 Å². The third-order valence-corrected chi connectivity index (χ3v) is 7.13. The van der Waals surface area contributed by atoms with Crippen molar-refractivity contribution in [3.63, 3.8) is 0 Å². The van der Waals surface area contributed by atoms with Gasteiger partial charge in [-0.25, -0.2) is 4.39 Å². The second kappa shape index (κ2) is 11.1. The molecule has 36 heavy (non-hydrogen) atoms. The van der Waals surface area contributed by atoms with Crippen LogP contribution in [-0.4, -0.2) is 33.9 Å². The molecule has 1 aliphatic heterocycles. The molecule has 2 heterocycles. The molecule has 2 amide bonds. The minimum absolute atomic E-state index is 0.00807. The van der Waals surface area contributed by atoms with Gasteiger partial charge < -0.3 is 9.47 Å². The summed E-state index contributed by atoms with van der Waals surface area (Å²) in [6.07, 6.45) is 5.60. The molecule has 0 radical (unpaired) electrons. The van der Waals surface area contributed by atoms with Gasteiger partial charge in [-0.3, -0.25) is 14.5 Å². The van der Waals surface area contributed by atoms with Gasteiger partial charge in [0, 0.05) is 18.2 Å². The SMILES string of the molecule is CCCCC(CC)C(=O)N(CC(=O)N1c2ccccc2-n2cccc2C1c1ccc(F)cc1)C(C)C. The molecule has 190 valence electrons. The third-order valence-electron chi connectivity index (χ3n) is 7.13. The fourth-order valence-corrected chi connectivity index (χ4v) is 5.15. The van der Waals surface area contributed by atoms with Crippen LogP contribution in [0.2, 0.25) is 0 Å². The number of anilines is 1. The zero-order chi connectivity index (χ0) is 25.8. The Balaban J connectivity index is 1.74. The minimum atomic E-state index is -0.436. The topological polar surface area (TPSA) is 45.6 Å². The summed E-state index contributed by atoms with van der Waals surface area (Å²) in [6, 6.07) is 17.5. The Hall–Kier alpha value is -3.41. The molecular weight excluding hydrogens is 453 g/mol. The van der Waals surface area contributed by atoms with Gasteiger partial charge >= 0.3 is 0 Å². The monoisotopic (exact) mass is 489 g/mol. The third kappa shape index (κ3) is 4.95. The Labute approximate surface area is 213 Å². The highest BCUT2D eigenvalue weighted by Gasteiger charge is 2.37. The van der Waals surface area contributed by atoms with Gasteiger partial charge in [0.05, 0.1) is 17.1 Å². The largest absolute Gasteiger partial charge is 0.331 e. The summed E-state index contributed by atoms with van der Waals surface area (Å²) in [5.41, 5.74) is 3.41. The lowest BCUT2D eigenvalue weighted by atomic mass is 9.96. The number of carbonyl (C=O) groups is 2. The highest BCUT2D eigenvalue weighted by molar-refractivity contribution is 6.00. The van der Waals surface area contributed by atoms with Crippen molar-refractivity contribution in [3.05, 3.63) is 83.9 Å². The molecule has 0 fully saturated rings. The van der Waals surface area contributed by atoms with E-state index in [0.717, 1.165) is 48.3 Å². The first kappa shape index (κ1) is 25.7. The first-order chi connectivity index (χ1) is 17.4. The van der Waals surface area contributed by atoms with Gasteiger partial charge in [0.2, 0.25) is 11.8 Å². The van der Waals surface area contributed by atoms with E-state index in [1.54, 1.807) is 21.9 Å². The smallest absolute Gasteiger partial charge is 0.247 e. The molecule has 0 N–H and O–H groups in total. The van der Waals surface area contributed by atoms with Crippen LogP contribution < -0.4 is 4.90 Å². The predicted octanol–water partition coefficient (Wildman–Crippen LogP) is 6.51. The zero-order valence-corrected chi connectivity index (χ0v) is 21.7. The lowest BCUT2D eigenvalue weighted by Gasteiger charge is -2.40. The van der Waals surface area contributed by atoms with Gasteiger partial charge in [0.1, 0.15) is 18.4 Å². The molecule has 0 bridgehead atoms. The van der Waals surface area contributed by atoms with Gasteiger partial charge in [0.25, 0.3) is 0 Å². The van der Waals surface area contributed by atoms with Gasteiger partial charge in [-0.05, 0) is 68.7 Å². The second-order valence-electron chi connectivity index (χ2n) is 9.82. The number of halogens is 1. The van der Waals surface area contributed by atoms with Crippen LogP contribution in [0.4, 0.5) is 10.1 Å². The number of amides is 2. The molecule has 0 spiro atoms. The number of para-hydroxylation sites is 2. The van der Waals surface area contributed by atoms with Crippen molar-refractivity contribution >= 4 is 17.5 Å². The Morgan fingerprint density at radius 2 is 1.67 bits per heavy atom. The molecule has 0 aliphatic carbocycles. The molecule has 0 saturated carbocycles. The fourth-order valence-electron chi connectivity index (χ4n) is 5.15. The second-order valence-corrected chi connectivity index (χ2v) is 9.82. The molecule has 1 aliphatic rings. The Morgan fingerprint density at radius 1 is 0.972 bits per heavy atom. The van der Waals surface area contributed by atoms with E-state index in [9.17, 15) is 14.0 Å². The number of rotatable bonds is 9. The maximum atomic E-state index is 14.1. The molecule has 2 atom stereocenters. The lowest BCUT2D eigenvalue weighted by molar-refractivity contribution is -0.141. The molecule has 2 aromatic carbocycles. The number of carbonyl (C=O) groups excluding carboxylic acids is 2. The van der Waals surface area contributed by atoms with Gasteiger partial charge in [-0.1, -0.05) is 51.0 Å². The van der Waals surface area contributed by atoms with E-state index in [2.05, 4.69) is 11.5 Å². The summed E-state index contributed by atoms with van der Waals surface area (Å²) in [5, 5.41) is 0. The molecule has 4 rings (SSSR count). The normalized spacial score (nSPS) is 15.4. The van der Waals surface area contributed by atoms with E-state index >= 15 is 0 Å². The number of aromatic nitrogens is 1. The molecule has 2 unspecified atom stereocenters. The van der Waals surface area contributed by atoms with Crippen molar-refractivity contribution in [3.8, 4) is 5.69 Å². The molecular formula is C30H36FN3O2. The Morgan fingerprint density at radius 3 is 2.31 bits per heavy atom. The van der Waals surface area contributed by atoms with Crippen LogP contribution in [0.15, 0.2) is 66.9 Å². The highest BCUT2D eigenvalue weighted by atomic mass is 19.1. The Bertz CT molecular complexity index is 1200. The fraction of sp³-hybridized carbons (Fsp3) is 0.400. The average Bonchev–Trinajstić information content (AvgIpc) is 3.37. The number of hydrogen-bond acceptors (Lipinski definition) is 2. The van der Waals surface area contributed by atoms with E-state index in [0.29, 0.717) is 0 Å². The van der Waals surface area contributed by atoms with E-state index < -0.39 is 6.04 Å². The summed E-state index contributed by atoms with van der Waals surface area (Å²) in [5.74, 6) is -0.519. The van der Waals surface area contributed by atoms with Crippen molar-refractivity contribution in [2.24, 2.45) is 5.92 Å². The number of nitrogens with zero attached hydrogens (tertiary/aromatic N) is 3. The van der Waals surface area contributed by atoms with E-state index in [1.165, 1.54) is 12.1 Å². The summed E-state index contributed by atoms with van der Waals surface area (Å²) in [6.45, 7) is 8.08. The zero-order valence-electron chi connectivity index (χ0n) is 21.7. The highest BCUT2D eigenvalue weighted by Crippen LogP contribution is 2.42. The maximum absolute atomic E-state index is 14.1. The first-order valence-electron chi connectivity index (χ1n) is 13.0. The van der Waals surface area contributed by atoms with E-state index in [1.807, 2.05) is 63.4 Å². The van der Waals surface area contributed by atoms with Gasteiger partial charge in [0.15, 0.2) is 0 Å². The van der Waals surface area contributed by atoms with Gasteiger partial charge in [-0.2, -0.15) is 0 Å². The molecule has 5 nitrogen and oxygen atoms in total. The van der Waals surface area contributed by atoms with Gasteiger partial charge in [-0.15, -0.1) is 0 Å². The summed E-state index contributed by atoms with van der Waals surface area (Å²) in [7, 11) is 0. The van der Waals surface area contributed by atoms with Crippen LogP contribution in [0.5, 0.6) is 0 Å². The molecule has 6 heteroatoms. The van der Waals surface area contributed by atoms with E-state index in [4.69, 9.17) is 0 Å². The number of unbranched alkanes of at least 4 members (excludes halogenated alkanes) is 1. The summed E-state index contributed by atoms with van der Waals surface area (Å²) >= 11 is 0. The maximum Gasteiger partial charge on any atom is 0.247 e. The predicted molar refractivity (Wildman–Crippen MR) is 142 cm³/mol. The van der Waals surface area contributed by atoms with Crippen LogP contribution >= 0.6 is 0 Å². The number of hydrogen-bond donors (Lipinski definition) is 0. The van der Waals surface area contributed by atoms with Crippen LogP contribution in [0.3, 0.4) is 0 Å². The lowest BCUT2D eigenvalue weighted by Crippen LogP contribution is -2.50. The first-order valence-corrected chi connectivity index (χ1v) is 13.0. The van der Waals surface area contributed by atoms with Crippen LogP contribution in [0, 0.1) is 11.7 Å². The van der Waals surface area contributed by atoms with Crippen molar-refractivity contribution < 1.29 is 14.0 Å². The summed E-state index contributed by atoms with van der Waals surface area (Å²) in [4.78, 5) is 31.2. The standard InChI is InChI=1S/C30H36FN3O2/c1-5-7-11-22(6-2)30(36)33(21(3)4)20-28(35)34-26-13-9-8-12-25(26)32-19-10-14-27(32)29(34)23-15-17-24(31)18-16-23/h8-10,12-19,21-22,29H,5-7,11,20H2,1-4H3. The van der Waals surface area contributed by atoms with Crippen LogP contribution in [-0.2, 0) is 9.59 Å². The van der Waals surface area contributed by atoms with Crippen molar-refractivity contribution in [1.82, 2.24) is 9.47 Å². The van der Waals surface area contributed by atoms with E-state index in [-0.39, 0.29) is 36.1 Å². The van der Waals surface area contributed by atoms with Crippen molar-refractivity contribution in [2.45, 2.75) is 65.5 Å².